The summed E-state index contributed by atoms with van der Waals surface area (Å²) in [6.45, 7) is 1.94. The highest BCUT2D eigenvalue weighted by Crippen LogP contribution is 2.23. The summed E-state index contributed by atoms with van der Waals surface area (Å²) in [5, 5.41) is 16.9. The van der Waals surface area contributed by atoms with Gasteiger partial charge in [-0.1, -0.05) is 11.6 Å². The van der Waals surface area contributed by atoms with Gasteiger partial charge in [0.05, 0.1) is 17.8 Å². The van der Waals surface area contributed by atoms with Crippen LogP contribution in [-0.2, 0) is 11.3 Å². The van der Waals surface area contributed by atoms with E-state index in [0.29, 0.717) is 11.1 Å². The molecule has 1 aromatic heterocycles. The fourth-order valence-electron chi connectivity index (χ4n) is 1.60. The number of carboxylic acid groups (broad SMARTS) is 1. The summed E-state index contributed by atoms with van der Waals surface area (Å²) in [6.07, 6.45) is 5.21. The van der Waals surface area contributed by atoms with Crippen molar-refractivity contribution in [3.63, 3.8) is 0 Å². The largest absolute Gasteiger partial charge is 0.480 e. The SMILES string of the molecule is CC(Cn1cc(Cl)cn1)(NC1CC1)C(=O)O. The van der Waals surface area contributed by atoms with Crippen LogP contribution in [0.2, 0.25) is 5.02 Å². The molecule has 0 bridgehead atoms. The first-order chi connectivity index (χ1) is 7.49. The molecule has 2 rings (SSSR count). The number of rotatable bonds is 5. The van der Waals surface area contributed by atoms with Crippen molar-refractivity contribution < 1.29 is 9.90 Å². The molecule has 1 aliphatic rings. The fourth-order valence-corrected chi connectivity index (χ4v) is 1.76. The minimum atomic E-state index is -0.990. The van der Waals surface area contributed by atoms with E-state index in [0.717, 1.165) is 12.8 Å². The van der Waals surface area contributed by atoms with Crippen LogP contribution in [0.15, 0.2) is 12.4 Å². The molecule has 0 saturated heterocycles. The number of hydrogen-bond acceptors (Lipinski definition) is 3. The summed E-state index contributed by atoms with van der Waals surface area (Å²) in [5.41, 5.74) is -0.990. The smallest absolute Gasteiger partial charge is 0.325 e. The van der Waals surface area contributed by atoms with Gasteiger partial charge in [-0.3, -0.25) is 14.8 Å². The van der Waals surface area contributed by atoms with Crippen LogP contribution in [0, 0.1) is 0 Å². The van der Waals surface area contributed by atoms with E-state index in [1.807, 2.05) is 0 Å². The molecule has 1 aliphatic carbocycles. The summed E-state index contributed by atoms with van der Waals surface area (Å²) in [6, 6.07) is 0.326. The van der Waals surface area contributed by atoms with Gasteiger partial charge in [0.25, 0.3) is 0 Å². The average Bonchev–Trinajstić information content (AvgIpc) is 2.89. The summed E-state index contributed by atoms with van der Waals surface area (Å²) in [5.74, 6) is -0.869. The standard InChI is InChI=1S/C10H14ClN3O2/c1-10(9(15)16,13-8-2-3-8)6-14-5-7(11)4-12-14/h4-5,8,13H,2-3,6H2,1H3,(H,15,16). The van der Waals surface area contributed by atoms with Crippen molar-refractivity contribution in [1.29, 1.82) is 0 Å². The molecular weight excluding hydrogens is 230 g/mol. The molecule has 1 aromatic rings. The number of aromatic nitrogens is 2. The average molecular weight is 244 g/mol. The Balaban J connectivity index is 2.09. The van der Waals surface area contributed by atoms with E-state index in [2.05, 4.69) is 10.4 Å². The molecule has 1 unspecified atom stereocenters. The Kier molecular flexibility index (Phi) is 2.90. The number of nitrogens with one attached hydrogen (secondary N) is 1. The van der Waals surface area contributed by atoms with Gasteiger partial charge in [-0.05, 0) is 19.8 Å². The van der Waals surface area contributed by atoms with E-state index in [4.69, 9.17) is 11.6 Å². The number of hydrogen-bond donors (Lipinski definition) is 2. The fraction of sp³-hybridized carbons (Fsp3) is 0.600. The van der Waals surface area contributed by atoms with Crippen molar-refractivity contribution in [3.8, 4) is 0 Å². The summed E-state index contributed by atoms with van der Waals surface area (Å²) >= 11 is 5.74. The molecule has 5 nitrogen and oxygen atoms in total. The van der Waals surface area contributed by atoms with Crippen molar-refractivity contribution in [2.75, 3.05) is 0 Å². The molecule has 0 aliphatic heterocycles. The zero-order chi connectivity index (χ0) is 11.8. The lowest BCUT2D eigenvalue weighted by Gasteiger charge is -2.26. The summed E-state index contributed by atoms with van der Waals surface area (Å²) < 4.78 is 1.55. The highest BCUT2D eigenvalue weighted by molar-refractivity contribution is 6.30. The van der Waals surface area contributed by atoms with Gasteiger partial charge in [0, 0.05) is 12.2 Å². The Morgan fingerprint density at radius 3 is 2.94 bits per heavy atom. The molecule has 1 heterocycles. The van der Waals surface area contributed by atoms with Gasteiger partial charge >= 0.3 is 5.97 Å². The zero-order valence-corrected chi connectivity index (χ0v) is 9.74. The highest BCUT2D eigenvalue weighted by atomic mass is 35.5. The first-order valence-electron chi connectivity index (χ1n) is 5.19. The number of carboxylic acids is 1. The minimum Gasteiger partial charge on any atom is -0.480 e. The molecule has 0 aromatic carbocycles. The van der Waals surface area contributed by atoms with Gasteiger partial charge < -0.3 is 5.11 Å². The third kappa shape index (κ3) is 2.54. The van der Waals surface area contributed by atoms with Gasteiger partial charge in [0.15, 0.2) is 0 Å². The maximum atomic E-state index is 11.3. The maximum absolute atomic E-state index is 11.3. The normalized spacial score (nSPS) is 19.4. The maximum Gasteiger partial charge on any atom is 0.325 e. The van der Waals surface area contributed by atoms with Gasteiger partial charge in [-0.25, -0.2) is 0 Å². The number of nitrogens with zero attached hydrogens (tertiary/aromatic N) is 2. The highest BCUT2D eigenvalue weighted by Gasteiger charge is 2.39. The molecule has 1 saturated carbocycles. The molecular formula is C10H14ClN3O2. The predicted molar refractivity (Wildman–Crippen MR) is 59.4 cm³/mol. The molecule has 1 fully saturated rings. The lowest BCUT2D eigenvalue weighted by molar-refractivity contribution is -0.145. The van der Waals surface area contributed by atoms with E-state index in [-0.39, 0.29) is 6.54 Å². The number of carbonyl (C=O) groups is 1. The lowest BCUT2D eigenvalue weighted by Crippen LogP contribution is -2.53. The van der Waals surface area contributed by atoms with Crippen molar-refractivity contribution >= 4 is 17.6 Å². The van der Waals surface area contributed by atoms with Crippen LogP contribution >= 0.6 is 11.6 Å². The zero-order valence-electron chi connectivity index (χ0n) is 8.98. The van der Waals surface area contributed by atoms with Crippen LogP contribution in [0.1, 0.15) is 19.8 Å². The van der Waals surface area contributed by atoms with Crippen molar-refractivity contribution in [3.05, 3.63) is 17.4 Å². The third-order valence-corrected chi connectivity index (χ3v) is 2.85. The van der Waals surface area contributed by atoms with Crippen molar-refractivity contribution in [1.82, 2.24) is 15.1 Å². The van der Waals surface area contributed by atoms with Crippen LogP contribution in [0.3, 0.4) is 0 Å². The Hall–Kier alpha value is -1.07. The van der Waals surface area contributed by atoms with Crippen LogP contribution < -0.4 is 5.32 Å². The first-order valence-corrected chi connectivity index (χ1v) is 5.56. The van der Waals surface area contributed by atoms with Gasteiger partial charge in [0.2, 0.25) is 0 Å². The molecule has 1 atom stereocenters. The lowest BCUT2D eigenvalue weighted by atomic mass is 10.0. The molecule has 0 amide bonds. The van der Waals surface area contributed by atoms with Gasteiger partial charge in [-0.15, -0.1) is 0 Å². The molecule has 2 N–H and O–H groups in total. The monoisotopic (exact) mass is 243 g/mol. The second-order valence-electron chi connectivity index (χ2n) is 4.41. The van der Waals surface area contributed by atoms with E-state index in [9.17, 15) is 9.90 Å². The van der Waals surface area contributed by atoms with Gasteiger partial charge in [0.1, 0.15) is 5.54 Å². The van der Waals surface area contributed by atoms with E-state index in [1.54, 1.807) is 17.8 Å². The third-order valence-electron chi connectivity index (χ3n) is 2.65. The minimum absolute atomic E-state index is 0.269. The van der Waals surface area contributed by atoms with Crippen molar-refractivity contribution in [2.45, 2.75) is 37.9 Å². The Morgan fingerprint density at radius 1 is 1.81 bits per heavy atom. The Morgan fingerprint density at radius 2 is 2.50 bits per heavy atom. The summed E-state index contributed by atoms with van der Waals surface area (Å²) in [4.78, 5) is 11.3. The second-order valence-corrected chi connectivity index (χ2v) is 4.85. The number of halogens is 1. The van der Waals surface area contributed by atoms with Gasteiger partial charge in [-0.2, -0.15) is 5.10 Å². The molecule has 16 heavy (non-hydrogen) atoms. The van der Waals surface area contributed by atoms with E-state index >= 15 is 0 Å². The molecule has 88 valence electrons. The first kappa shape index (κ1) is 11.4. The van der Waals surface area contributed by atoms with Crippen LogP contribution in [0.25, 0.3) is 0 Å². The van der Waals surface area contributed by atoms with Crippen LogP contribution in [0.5, 0.6) is 0 Å². The Bertz CT molecular complexity index is 403. The second kappa shape index (κ2) is 4.07. The number of aliphatic carboxylic acids is 1. The molecule has 0 radical (unpaired) electrons. The predicted octanol–water partition coefficient (Wildman–Crippen LogP) is 1.13. The topological polar surface area (TPSA) is 67.2 Å². The van der Waals surface area contributed by atoms with E-state index < -0.39 is 11.5 Å². The van der Waals surface area contributed by atoms with Crippen LogP contribution in [0.4, 0.5) is 0 Å². The quantitative estimate of drug-likeness (QED) is 0.814. The van der Waals surface area contributed by atoms with Crippen LogP contribution in [-0.4, -0.2) is 32.4 Å². The Labute approximate surface area is 98.4 Å². The summed E-state index contributed by atoms with van der Waals surface area (Å²) in [7, 11) is 0. The molecule has 6 heteroatoms. The molecule has 0 spiro atoms. The van der Waals surface area contributed by atoms with Crippen molar-refractivity contribution in [2.24, 2.45) is 0 Å². The van der Waals surface area contributed by atoms with E-state index in [1.165, 1.54) is 6.20 Å².